The summed E-state index contributed by atoms with van der Waals surface area (Å²) in [4.78, 5) is 12.8. The van der Waals surface area contributed by atoms with Gasteiger partial charge in [0, 0.05) is 12.4 Å². The smallest absolute Gasteiger partial charge is 0.256 e. The van der Waals surface area contributed by atoms with Crippen molar-refractivity contribution >= 4 is 5.91 Å². The number of carbonyl (C=O) groups excluding carboxylic acids is 1. The number of aliphatic hydroxyl groups is 1. The van der Waals surface area contributed by atoms with E-state index in [1.54, 1.807) is 0 Å². The van der Waals surface area contributed by atoms with Crippen LogP contribution < -0.4 is 0 Å². The number of amides is 1. The molecule has 4 nitrogen and oxygen atoms in total. The van der Waals surface area contributed by atoms with Gasteiger partial charge in [-0.05, 0) is 26.0 Å². The van der Waals surface area contributed by atoms with E-state index in [-0.39, 0.29) is 18.6 Å². The van der Waals surface area contributed by atoms with Crippen molar-refractivity contribution in [3.63, 3.8) is 0 Å². The molecule has 78 valence electrons. The number of aliphatic hydroxyl groups excluding tert-OH is 1. The molecule has 4 heteroatoms. The fraction of sp³-hybridized carbons (Fsp3) is 0.500. The van der Waals surface area contributed by atoms with Crippen molar-refractivity contribution in [1.82, 2.24) is 4.90 Å². The summed E-state index contributed by atoms with van der Waals surface area (Å²) in [5.74, 6) is -0.141. The Morgan fingerprint density at radius 2 is 2.07 bits per heavy atom. The third kappa shape index (κ3) is 3.32. The lowest BCUT2D eigenvalue weighted by Gasteiger charge is -2.18. The predicted octanol–water partition coefficient (Wildman–Crippen LogP) is 0.642. The molecule has 0 unspecified atom stereocenters. The number of carbonyl (C=O) groups is 1. The molecule has 0 aromatic heterocycles. The molecular formula is C10H15NO3. The summed E-state index contributed by atoms with van der Waals surface area (Å²) in [6, 6.07) is 0. The molecule has 0 spiro atoms. The van der Waals surface area contributed by atoms with Gasteiger partial charge in [-0.1, -0.05) is 0 Å². The van der Waals surface area contributed by atoms with Crippen molar-refractivity contribution < 1.29 is 14.6 Å². The van der Waals surface area contributed by atoms with E-state index >= 15 is 0 Å². The molecule has 0 atom stereocenters. The molecule has 1 aliphatic heterocycles. The fourth-order valence-electron chi connectivity index (χ4n) is 0.954. The molecule has 0 aromatic carbocycles. The topological polar surface area (TPSA) is 49.8 Å². The number of hydrogen-bond acceptors (Lipinski definition) is 3. The molecule has 14 heavy (non-hydrogen) atoms. The van der Waals surface area contributed by atoms with E-state index in [0.29, 0.717) is 0 Å². The minimum Gasteiger partial charge on any atom is -0.385 e. The molecule has 0 saturated carbocycles. The first-order valence-corrected chi connectivity index (χ1v) is 4.57. The van der Waals surface area contributed by atoms with E-state index in [1.165, 1.54) is 29.5 Å². The van der Waals surface area contributed by atoms with Crippen LogP contribution in [0.1, 0.15) is 13.8 Å². The van der Waals surface area contributed by atoms with Gasteiger partial charge in [0.15, 0.2) is 0 Å². The van der Waals surface area contributed by atoms with Crippen LogP contribution in [0.5, 0.6) is 0 Å². The third-order valence-electron chi connectivity index (χ3n) is 1.72. The first kappa shape index (κ1) is 10.9. The van der Waals surface area contributed by atoms with Gasteiger partial charge in [0.1, 0.15) is 6.61 Å². The minimum atomic E-state index is -0.593. The Hall–Kier alpha value is -1.13. The van der Waals surface area contributed by atoms with Crippen LogP contribution in [0.2, 0.25) is 0 Å². The van der Waals surface area contributed by atoms with Gasteiger partial charge >= 0.3 is 0 Å². The van der Waals surface area contributed by atoms with E-state index in [2.05, 4.69) is 0 Å². The van der Waals surface area contributed by atoms with Crippen molar-refractivity contribution in [2.45, 2.75) is 26.1 Å². The maximum atomic E-state index is 11.4. The second-order valence-corrected chi connectivity index (χ2v) is 3.33. The normalized spacial score (nSPS) is 16.7. The molecule has 1 amide bonds. The molecule has 1 rings (SSSR count). The van der Waals surface area contributed by atoms with Crippen LogP contribution in [0.15, 0.2) is 24.6 Å². The number of hydrogen-bond donors (Lipinski definition) is 1. The van der Waals surface area contributed by atoms with Crippen LogP contribution >= 0.6 is 0 Å². The highest BCUT2D eigenvalue weighted by Crippen LogP contribution is 2.04. The zero-order chi connectivity index (χ0) is 10.6. The largest absolute Gasteiger partial charge is 0.385 e. The van der Waals surface area contributed by atoms with Crippen molar-refractivity contribution in [1.29, 1.82) is 0 Å². The Morgan fingerprint density at radius 1 is 1.50 bits per heavy atom. The second kappa shape index (κ2) is 4.93. The van der Waals surface area contributed by atoms with Gasteiger partial charge in [-0.25, -0.2) is 0 Å². The number of rotatable bonds is 3. The van der Waals surface area contributed by atoms with Gasteiger partial charge in [0.05, 0.1) is 12.2 Å². The predicted molar refractivity (Wildman–Crippen MR) is 52.2 cm³/mol. The van der Waals surface area contributed by atoms with Crippen LogP contribution in [0.25, 0.3) is 0 Å². The van der Waals surface area contributed by atoms with Crippen molar-refractivity contribution in [2.24, 2.45) is 0 Å². The van der Waals surface area contributed by atoms with Gasteiger partial charge in [-0.15, -0.1) is 0 Å². The van der Waals surface area contributed by atoms with Crippen LogP contribution in [0, 0.1) is 0 Å². The Bertz CT molecular complexity index is 244. The van der Waals surface area contributed by atoms with E-state index in [1.807, 2.05) is 13.8 Å². The molecule has 1 N–H and O–H groups in total. The summed E-state index contributed by atoms with van der Waals surface area (Å²) in [5.41, 5.74) is 0. The Labute approximate surface area is 83.5 Å². The monoisotopic (exact) mass is 197 g/mol. The quantitative estimate of drug-likeness (QED) is 0.722. The molecule has 1 aliphatic rings. The van der Waals surface area contributed by atoms with Crippen molar-refractivity contribution in [3.8, 4) is 0 Å². The van der Waals surface area contributed by atoms with E-state index in [0.717, 1.165) is 0 Å². The highest BCUT2D eigenvalue weighted by Gasteiger charge is 2.12. The lowest BCUT2D eigenvalue weighted by atomic mass is 10.3. The van der Waals surface area contributed by atoms with Crippen LogP contribution in [-0.4, -0.2) is 34.7 Å². The van der Waals surface area contributed by atoms with Crippen molar-refractivity contribution in [2.75, 3.05) is 6.61 Å². The molecule has 0 radical (unpaired) electrons. The first-order chi connectivity index (χ1) is 6.59. The summed E-state index contributed by atoms with van der Waals surface area (Å²) in [6.45, 7) is 3.81. The number of ether oxygens (including phenoxy) is 1. The van der Waals surface area contributed by atoms with E-state index in [9.17, 15) is 4.79 Å². The highest BCUT2D eigenvalue weighted by atomic mass is 16.5. The zero-order valence-electron chi connectivity index (χ0n) is 8.38. The van der Waals surface area contributed by atoms with Gasteiger partial charge in [0.2, 0.25) is 0 Å². The van der Waals surface area contributed by atoms with Gasteiger partial charge < -0.3 is 9.84 Å². The lowest BCUT2D eigenvalue weighted by Crippen LogP contribution is -2.28. The second-order valence-electron chi connectivity index (χ2n) is 3.33. The summed E-state index contributed by atoms with van der Waals surface area (Å²) < 4.78 is 5.16. The molecule has 0 aliphatic carbocycles. The van der Waals surface area contributed by atoms with Crippen molar-refractivity contribution in [3.05, 3.63) is 24.6 Å². The van der Waals surface area contributed by atoms with E-state index < -0.39 is 6.10 Å². The van der Waals surface area contributed by atoms with Gasteiger partial charge in [0.25, 0.3) is 5.91 Å². The maximum Gasteiger partial charge on any atom is 0.256 e. The van der Waals surface area contributed by atoms with Gasteiger partial charge in [-0.3, -0.25) is 9.69 Å². The molecular weight excluding hydrogens is 182 g/mol. The summed E-state index contributed by atoms with van der Waals surface area (Å²) >= 11 is 0. The zero-order valence-corrected chi connectivity index (χ0v) is 8.38. The van der Waals surface area contributed by atoms with Gasteiger partial charge in [-0.2, -0.15) is 0 Å². The third-order valence-corrected chi connectivity index (χ3v) is 1.72. The summed E-state index contributed by atoms with van der Waals surface area (Å²) in [6.07, 6.45) is 5.60. The molecule has 0 bridgehead atoms. The maximum absolute atomic E-state index is 11.4. The Morgan fingerprint density at radius 3 is 2.57 bits per heavy atom. The highest BCUT2D eigenvalue weighted by molar-refractivity contribution is 5.79. The summed E-state index contributed by atoms with van der Waals surface area (Å²) in [5, 5.41) is 9.08. The molecule has 0 fully saturated rings. The lowest BCUT2D eigenvalue weighted by molar-refractivity contribution is -0.132. The van der Waals surface area contributed by atoms with Crippen LogP contribution in [0.4, 0.5) is 0 Å². The SMILES string of the molecule is CC(C)OCC(=O)N1C=CC(O)C=C1. The summed E-state index contributed by atoms with van der Waals surface area (Å²) in [7, 11) is 0. The molecule has 1 heterocycles. The Balaban J connectivity index is 2.39. The first-order valence-electron chi connectivity index (χ1n) is 4.57. The van der Waals surface area contributed by atoms with Crippen LogP contribution in [0.3, 0.4) is 0 Å². The average molecular weight is 197 g/mol. The number of nitrogens with zero attached hydrogens (tertiary/aromatic N) is 1. The van der Waals surface area contributed by atoms with Crippen LogP contribution in [-0.2, 0) is 9.53 Å². The molecule has 0 saturated heterocycles. The average Bonchev–Trinajstić information content (AvgIpc) is 2.15. The van der Waals surface area contributed by atoms with E-state index in [4.69, 9.17) is 9.84 Å². The fourth-order valence-corrected chi connectivity index (χ4v) is 0.954. The molecule has 0 aromatic rings. The minimum absolute atomic E-state index is 0.0438. The Kier molecular flexibility index (Phi) is 3.85. The standard InChI is InChI=1S/C10H15NO3/c1-8(2)14-7-10(13)11-5-3-9(12)4-6-11/h3-6,8-9,12H,7H2,1-2H3.